The van der Waals surface area contributed by atoms with Crippen LogP contribution in [0.25, 0.3) is 16.5 Å². The molecule has 0 aliphatic heterocycles. The summed E-state index contributed by atoms with van der Waals surface area (Å²) >= 11 is 0. The van der Waals surface area contributed by atoms with E-state index in [9.17, 15) is 9.90 Å². The van der Waals surface area contributed by atoms with Gasteiger partial charge < -0.3 is 5.11 Å². The number of Topliss-reactive ketones (excluding diaryl/α,β-unsaturated/α-hetero) is 1. The number of carbonyl (C=O) groups is 1. The lowest BCUT2D eigenvalue weighted by Crippen LogP contribution is -2.32. The molecule has 0 heterocycles. The monoisotopic (exact) mass is 306 g/mol. The fourth-order valence-corrected chi connectivity index (χ4v) is 4.72. The Balaban J connectivity index is 1.97. The van der Waals surface area contributed by atoms with Gasteiger partial charge in [-0.1, -0.05) is 63.2 Å². The summed E-state index contributed by atoms with van der Waals surface area (Å²) < 4.78 is 0. The molecule has 2 nitrogen and oxygen atoms in total. The number of hydrogen-bond acceptors (Lipinski definition) is 2. The maximum atomic E-state index is 13.0. The highest BCUT2D eigenvalue weighted by Crippen LogP contribution is 2.66. The first-order valence-electron chi connectivity index (χ1n) is 8.34. The highest BCUT2D eigenvalue weighted by atomic mass is 16.3. The van der Waals surface area contributed by atoms with Gasteiger partial charge in [0.15, 0.2) is 5.78 Å². The first-order chi connectivity index (χ1) is 10.9. The van der Waals surface area contributed by atoms with Gasteiger partial charge in [-0.25, -0.2) is 0 Å². The van der Waals surface area contributed by atoms with E-state index in [2.05, 4.69) is 20.8 Å². The van der Waals surface area contributed by atoms with Crippen molar-refractivity contribution >= 4 is 22.3 Å². The molecule has 2 aliphatic carbocycles. The van der Waals surface area contributed by atoms with Crippen molar-refractivity contribution in [1.29, 1.82) is 0 Å². The Kier molecular flexibility index (Phi) is 2.82. The lowest BCUT2D eigenvalue weighted by Gasteiger charge is -2.31. The van der Waals surface area contributed by atoms with Crippen LogP contribution in [0.4, 0.5) is 0 Å². The number of fused-ring (bicyclic) bond motifs is 3. The SMILES string of the molecule is CC1(C)[C@@H]2CC[C@]1(C)C(=O)C2=C(O)c1cccc2ccccc12. The summed E-state index contributed by atoms with van der Waals surface area (Å²) in [6, 6.07) is 13.9. The number of hydrogen-bond donors (Lipinski definition) is 1. The zero-order chi connectivity index (χ0) is 16.4. The van der Waals surface area contributed by atoms with Gasteiger partial charge in [0.2, 0.25) is 0 Å². The molecule has 0 saturated heterocycles. The molecular formula is C21H22O2. The largest absolute Gasteiger partial charge is 0.507 e. The molecule has 4 rings (SSSR count). The minimum Gasteiger partial charge on any atom is -0.507 e. The maximum absolute atomic E-state index is 13.0. The van der Waals surface area contributed by atoms with Gasteiger partial charge >= 0.3 is 0 Å². The van der Waals surface area contributed by atoms with E-state index in [1.54, 1.807) is 0 Å². The second-order valence-electron chi connectivity index (χ2n) is 7.76. The first kappa shape index (κ1) is 14.5. The van der Waals surface area contributed by atoms with E-state index in [0.29, 0.717) is 5.57 Å². The Hall–Kier alpha value is -2.09. The van der Waals surface area contributed by atoms with E-state index < -0.39 is 0 Å². The summed E-state index contributed by atoms with van der Waals surface area (Å²) in [5, 5.41) is 13.1. The smallest absolute Gasteiger partial charge is 0.169 e. The van der Waals surface area contributed by atoms with E-state index in [4.69, 9.17) is 0 Å². The summed E-state index contributed by atoms with van der Waals surface area (Å²) in [6.45, 7) is 6.41. The average Bonchev–Trinajstić information content (AvgIpc) is 2.86. The summed E-state index contributed by atoms with van der Waals surface area (Å²) in [5.41, 5.74) is 1.00. The van der Waals surface area contributed by atoms with Gasteiger partial charge in [0.25, 0.3) is 0 Å². The van der Waals surface area contributed by atoms with E-state index in [0.717, 1.165) is 29.2 Å². The molecule has 0 radical (unpaired) electrons. The van der Waals surface area contributed by atoms with Crippen LogP contribution in [0.1, 0.15) is 39.2 Å². The number of rotatable bonds is 1. The fraction of sp³-hybridized carbons (Fsp3) is 0.381. The van der Waals surface area contributed by atoms with Crippen LogP contribution in [-0.2, 0) is 4.79 Å². The molecule has 23 heavy (non-hydrogen) atoms. The van der Waals surface area contributed by atoms with E-state index in [1.165, 1.54) is 0 Å². The van der Waals surface area contributed by atoms with Crippen LogP contribution in [0.2, 0.25) is 0 Å². The molecule has 0 spiro atoms. The zero-order valence-corrected chi connectivity index (χ0v) is 13.9. The van der Waals surface area contributed by atoms with Gasteiger partial charge in [0.05, 0.1) is 0 Å². The van der Waals surface area contributed by atoms with Crippen molar-refractivity contribution in [1.82, 2.24) is 0 Å². The molecule has 0 aromatic heterocycles. The maximum Gasteiger partial charge on any atom is 0.169 e. The molecule has 118 valence electrons. The Morgan fingerprint density at radius 1 is 1.09 bits per heavy atom. The van der Waals surface area contributed by atoms with Gasteiger partial charge in [0.1, 0.15) is 5.76 Å². The second-order valence-corrected chi connectivity index (χ2v) is 7.76. The van der Waals surface area contributed by atoms with E-state index in [1.807, 2.05) is 42.5 Å². The van der Waals surface area contributed by atoms with Crippen LogP contribution in [0.3, 0.4) is 0 Å². The van der Waals surface area contributed by atoms with E-state index >= 15 is 0 Å². The molecule has 1 N–H and O–H groups in total. The average molecular weight is 306 g/mol. The summed E-state index contributed by atoms with van der Waals surface area (Å²) in [6.07, 6.45) is 1.91. The minimum absolute atomic E-state index is 0.0853. The summed E-state index contributed by atoms with van der Waals surface area (Å²) in [5.74, 6) is 0.483. The van der Waals surface area contributed by atoms with Gasteiger partial charge in [0, 0.05) is 16.6 Å². The molecule has 2 aromatic carbocycles. The quantitative estimate of drug-likeness (QED) is 0.585. The second kappa shape index (κ2) is 4.47. The Morgan fingerprint density at radius 3 is 2.48 bits per heavy atom. The fourth-order valence-electron chi connectivity index (χ4n) is 4.72. The van der Waals surface area contributed by atoms with Crippen molar-refractivity contribution in [2.24, 2.45) is 16.7 Å². The third kappa shape index (κ3) is 1.67. The lowest BCUT2D eigenvalue weighted by molar-refractivity contribution is -0.125. The minimum atomic E-state index is -0.342. The summed E-state index contributed by atoms with van der Waals surface area (Å²) in [4.78, 5) is 13.0. The predicted molar refractivity (Wildman–Crippen MR) is 93.1 cm³/mol. The molecule has 2 bridgehead atoms. The predicted octanol–water partition coefficient (Wildman–Crippen LogP) is 5.13. The molecule has 2 aliphatic rings. The van der Waals surface area contributed by atoms with Crippen molar-refractivity contribution in [2.75, 3.05) is 0 Å². The van der Waals surface area contributed by atoms with Crippen molar-refractivity contribution in [3.63, 3.8) is 0 Å². The van der Waals surface area contributed by atoms with Crippen LogP contribution in [0, 0.1) is 16.7 Å². The standard InChI is InChI=1S/C21H22O2/c1-20(2)16-11-12-21(20,3)19(23)17(16)18(22)15-10-6-8-13-7-4-5-9-14(13)15/h4-10,16,22H,11-12H2,1-3H3/t16-,21-/m1/s1. The number of aliphatic hydroxyl groups excluding tert-OH is 1. The highest BCUT2D eigenvalue weighted by Gasteiger charge is 2.65. The third-order valence-electron chi connectivity index (χ3n) is 6.62. The van der Waals surface area contributed by atoms with Crippen molar-refractivity contribution in [3.8, 4) is 0 Å². The van der Waals surface area contributed by atoms with Crippen LogP contribution in [-0.4, -0.2) is 10.9 Å². The first-order valence-corrected chi connectivity index (χ1v) is 8.34. The Morgan fingerprint density at radius 2 is 1.78 bits per heavy atom. The molecule has 0 unspecified atom stereocenters. The topological polar surface area (TPSA) is 37.3 Å². The summed E-state index contributed by atoms with van der Waals surface area (Å²) in [7, 11) is 0. The third-order valence-corrected chi connectivity index (χ3v) is 6.62. The van der Waals surface area contributed by atoms with Crippen LogP contribution in [0.5, 0.6) is 0 Å². The molecule has 2 saturated carbocycles. The lowest BCUT2D eigenvalue weighted by atomic mass is 9.70. The molecular weight excluding hydrogens is 284 g/mol. The molecule has 2 aromatic rings. The normalized spacial score (nSPS) is 30.9. The van der Waals surface area contributed by atoms with Gasteiger partial charge in [-0.3, -0.25) is 4.79 Å². The highest BCUT2D eigenvalue weighted by molar-refractivity contribution is 6.10. The van der Waals surface area contributed by atoms with Gasteiger partial charge in [-0.05, 0) is 34.9 Å². The Labute approximate surface area is 136 Å². The number of allylic oxidation sites excluding steroid dienone is 1. The number of ketones is 1. The number of carbonyl (C=O) groups excluding carboxylic acids is 1. The van der Waals surface area contributed by atoms with Crippen molar-refractivity contribution < 1.29 is 9.90 Å². The van der Waals surface area contributed by atoms with Crippen LogP contribution in [0.15, 0.2) is 48.0 Å². The molecule has 2 heteroatoms. The van der Waals surface area contributed by atoms with Gasteiger partial charge in [-0.2, -0.15) is 0 Å². The molecule has 2 atom stereocenters. The molecule has 0 amide bonds. The number of benzene rings is 2. The Bertz CT molecular complexity index is 854. The van der Waals surface area contributed by atoms with Crippen molar-refractivity contribution in [2.45, 2.75) is 33.6 Å². The van der Waals surface area contributed by atoms with E-state index in [-0.39, 0.29) is 28.3 Å². The van der Waals surface area contributed by atoms with Crippen LogP contribution < -0.4 is 0 Å². The molecule has 2 fully saturated rings. The zero-order valence-electron chi connectivity index (χ0n) is 13.9. The van der Waals surface area contributed by atoms with Gasteiger partial charge in [-0.15, -0.1) is 0 Å². The van der Waals surface area contributed by atoms with Crippen LogP contribution >= 0.6 is 0 Å². The van der Waals surface area contributed by atoms with Crippen molar-refractivity contribution in [3.05, 3.63) is 53.6 Å². The number of aliphatic hydroxyl groups is 1.